The largest absolute Gasteiger partial charge is 0.394 e. The normalized spacial score (nSPS) is 27.9. The molecule has 17 N–H and O–H groups in total. The minimum absolute atomic E-state index is 0.210. The second-order valence-electron chi connectivity index (χ2n) is 10.6. The number of aliphatic hydroxyl groups is 3. The van der Waals surface area contributed by atoms with Crippen molar-refractivity contribution in [1.29, 1.82) is 0 Å². The summed E-state index contributed by atoms with van der Waals surface area (Å²) >= 11 is 0. The van der Waals surface area contributed by atoms with E-state index in [1.54, 1.807) is 0 Å². The molecule has 2 aliphatic rings. The zero-order chi connectivity index (χ0) is 35.3. The van der Waals surface area contributed by atoms with Crippen LogP contribution in [0.5, 0.6) is 0 Å². The molecule has 7 atom stereocenters. The van der Waals surface area contributed by atoms with E-state index in [1.165, 1.54) is 0 Å². The van der Waals surface area contributed by atoms with Gasteiger partial charge in [0.2, 0.25) is 29.5 Å². The lowest BCUT2D eigenvalue weighted by atomic mass is 10.0. The van der Waals surface area contributed by atoms with Crippen molar-refractivity contribution in [1.82, 2.24) is 42.5 Å². The highest BCUT2D eigenvalue weighted by molar-refractivity contribution is 6.01. The summed E-state index contributed by atoms with van der Waals surface area (Å²) < 4.78 is 0. The number of urea groups is 1. The Balaban J connectivity index is 2.57. The average Bonchev–Trinajstić information content (AvgIpc) is 2.99. The molecule has 2 rings (SSSR count). The molecule has 0 aliphatic carbocycles. The van der Waals surface area contributed by atoms with Crippen LogP contribution in [0.2, 0.25) is 0 Å². The predicted molar refractivity (Wildman–Crippen MR) is 161 cm³/mol. The van der Waals surface area contributed by atoms with Gasteiger partial charge in [-0.15, -0.1) is 0 Å². The van der Waals surface area contributed by atoms with E-state index >= 15 is 0 Å². The summed E-state index contributed by atoms with van der Waals surface area (Å²) in [6.45, 7) is -0.833. The van der Waals surface area contributed by atoms with Gasteiger partial charge in [-0.2, -0.15) is 0 Å². The monoisotopic (exact) mass is 670 g/mol. The van der Waals surface area contributed by atoms with Gasteiger partial charge in [-0.25, -0.2) is 9.79 Å². The Bertz CT molecular complexity index is 1260. The van der Waals surface area contributed by atoms with Crippen molar-refractivity contribution < 1.29 is 48.9 Å². The van der Waals surface area contributed by atoms with Gasteiger partial charge in [0.05, 0.1) is 19.3 Å². The minimum Gasteiger partial charge on any atom is -0.394 e. The number of carbonyl (C=O) groups excluding carboxylic acids is 7. The van der Waals surface area contributed by atoms with Crippen LogP contribution in [0.4, 0.5) is 4.79 Å². The molecule has 2 heterocycles. The molecule has 47 heavy (non-hydrogen) atoms. The zero-order valence-corrected chi connectivity index (χ0v) is 25.4. The molecular formula is C25H42N12O10. The number of hydrogen-bond donors (Lipinski definition) is 14. The van der Waals surface area contributed by atoms with E-state index in [0.29, 0.717) is 19.0 Å². The summed E-state index contributed by atoms with van der Waals surface area (Å²) in [6.07, 6.45) is -0.0355. The second kappa shape index (κ2) is 18.2. The zero-order valence-electron chi connectivity index (χ0n) is 25.4. The number of guanidine groups is 1. The molecule has 0 aromatic carbocycles. The molecule has 262 valence electrons. The third-order valence-corrected chi connectivity index (χ3v) is 6.79. The number of hydrogen-bond acceptors (Lipinski definition) is 14. The van der Waals surface area contributed by atoms with Crippen LogP contribution in [0.1, 0.15) is 32.6 Å². The number of aliphatic imine (C=N–C) groups is 1. The third-order valence-electron chi connectivity index (χ3n) is 6.79. The fourth-order valence-electron chi connectivity index (χ4n) is 4.46. The molecule has 0 aromatic rings. The Morgan fingerprint density at radius 2 is 1.64 bits per heavy atom. The number of rotatable bonds is 9. The highest BCUT2D eigenvalue weighted by Gasteiger charge is 2.38. The minimum atomic E-state index is -1.75. The Hall–Kier alpha value is -5.06. The number of nitrogens with two attached hydrogens (primary N) is 3. The van der Waals surface area contributed by atoms with Gasteiger partial charge in [-0.1, -0.05) is 13.3 Å². The third kappa shape index (κ3) is 12.0. The molecule has 22 nitrogen and oxygen atoms in total. The van der Waals surface area contributed by atoms with Gasteiger partial charge < -0.3 is 75.1 Å². The van der Waals surface area contributed by atoms with Crippen LogP contribution in [-0.4, -0.2) is 125 Å². The number of nitrogens with one attached hydrogen (secondary N) is 8. The van der Waals surface area contributed by atoms with Crippen molar-refractivity contribution in [3.05, 3.63) is 11.9 Å². The standard InChI is InChI=1S/C25H42N12O10/c1-2-3-10(26)4-16(40)31-13-6-29-19(42)12(7-30-25(28)47)32-21(44)14(8-38)33-22(45)15(9-39)34-23(46)18(37-20(13)43)11-5-17(41)36-24(27)35-11/h7,10-11,13-15,17-18,38-39,41H,2-6,8-9,26H2,1H3,(H,29,42)(H,31,40)(H,32,44)(H,33,45)(H,34,46)(H,37,43)(H3,27,35,36)(H3,28,30,47)/b12-7+. The van der Waals surface area contributed by atoms with Crippen LogP contribution in [0.15, 0.2) is 16.9 Å². The smallest absolute Gasteiger partial charge is 0.316 e. The highest BCUT2D eigenvalue weighted by atomic mass is 16.3. The topological polar surface area (TPSA) is 367 Å². The molecule has 2 aliphatic heterocycles. The quantitative estimate of drug-likeness (QED) is 0.101. The molecule has 1 fully saturated rings. The maximum absolute atomic E-state index is 13.6. The van der Waals surface area contributed by atoms with Crippen LogP contribution in [0.25, 0.3) is 0 Å². The molecule has 0 radical (unpaired) electrons. The van der Waals surface area contributed by atoms with Crippen molar-refractivity contribution >= 4 is 47.4 Å². The fourth-order valence-corrected chi connectivity index (χ4v) is 4.46. The van der Waals surface area contributed by atoms with Crippen LogP contribution >= 0.6 is 0 Å². The van der Waals surface area contributed by atoms with Crippen molar-refractivity contribution in [2.45, 2.75) is 75.1 Å². The summed E-state index contributed by atoms with van der Waals surface area (Å²) in [4.78, 5) is 93.8. The summed E-state index contributed by atoms with van der Waals surface area (Å²) in [7, 11) is 0. The number of nitrogens with zero attached hydrogens (tertiary/aromatic N) is 1. The maximum Gasteiger partial charge on any atom is 0.316 e. The van der Waals surface area contributed by atoms with E-state index in [2.05, 4.69) is 42.2 Å². The maximum atomic E-state index is 13.6. The first-order valence-corrected chi connectivity index (χ1v) is 14.5. The SMILES string of the molecule is CCCC(N)CC(=O)NC1CNC(=O)/C(=C\NC(N)=O)NC(=O)C(CO)NC(=O)C(CO)NC(=O)C(C2CC(O)N=C(N)N2)NC1=O. The average molecular weight is 671 g/mol. The molecule has 1 saturated heterocycles. The van der Waals surface area contributed by atoms with E-state index in [9.17, 15) is 48.9 Å². The van der Waals surface area contributed by atoms with Crippen molar-refractivity contribution in [3.63, 3.8) is 0 Å². The first-order valence-electron chi connectivity index (χ1n) is 14.5. The first-order chi connectivity index (χ1) is 22.2. The van der Waals surface area contributed by atoms with Crippen molar-refractivity contribution in [2.24, 2.45) is 22.2 Å². The Kier molecular flexibility index (Phi) is 14.7. The van der Waals surface area contributed by atoms with Crippen LogP contribution in [0, 0.1) is 0 Å². The van der Waals surface area contributed by atoms with Crippen LogP contribution in [0.3, 0.4) is 0 Å². The second-order valence-corrected chi connectivity index (χ2v) is 10.6. The van der Waals surface area contributed by atoms with Gasteiger partial charge in [0.15, 0.2) is 12.2 Å². The van der Waals surface area contributed by atoms with E-state index in [0.717, 1.165) is 0 Å². The Morgan fingerprint density at radius 3 is 2.23 bits per heavy atom. The lowest BCUT2D eigenvalue weighted by Gasteiger charge is -2.34. The molecule has 0 spiro atoms. The first kappa shape index (κ1) is 38.1. The van der Waals surface area contributed by atoms with E-state index in [4.69, 9.17) is 17.2 Å². The van der Waals surface area contributed by atoms with Crippen LogP contribution in [-0.2, 0) is 28.8 Å². The number of amides is 8. The van der Waals surface area contributed by atoms with Gasteiger partial charge in [0.1, 0.15) is 29.9 Å². The fraction of sp³-hybridized carbons (Fsp3) is 0.600. The summed E-state index contributed by atoms with van der Waals surface area (Å²) in [5.41, 5.74) is 16.1. The van der Waals surface area contributed by atoms with Gasteiger partial charge in [0, 0.05) is 31.6 Å². The molecular weight excluding hydrogens is 628 g/mol. The van der Waals surface area contributed by atoms with Gasteiger partial charge in [-0.3, -0.25) is 28.8 Å². The van der Waals surface area contributed by atoms with E-state index < -0.39 is 109 Å². The van der Waals surface area contributed by atoms with E-state index in [-0.39, 0.29) is 18.8 Å². The van der Waals surface area contributed by atoms with Crippen molar-refractivity contribution in [2.75, 3.05) is 19.8 Å². The van der Waals surface area contributed by atoms with Gasteiger partial charge in [-0.05, 0) is 6.42 Å². The molecule has 0 bridgehead atoms. The lowest BCUT2D eigenvalue weighted by molar-refractivity contribution is -0.136. The summed E-state index contributed by atoms with van der Waals surface area (Å²) in [5.74, 6) is -6.57. The van der Waals surface area contributed by atoms with Gasteiger partial charge in [0.25, 0.3) is 5.91 Å². The number of aliphatic hydroxyl groups excluding tert-OH is 3. The summed E-state index contributed by atoms with van der Waals surface area (Å²) in [6, 6.07) is -9.58. The number of carbonyl (C=O) groups is 7. The summed E-state index contributed by atoms with van der Waals surface area (Å²) in [5, 5.41) is 48.0. The molecule has 0 aromatic heterocycles. The predicted octanol–water partition coefficient (Wildman–Crippen LogP) is -7.82. The van der Waals surface area contributed by atoms with Gasteiger partial charge >= 0.3 is 6.03 Å². The lowest BCUT2D eigenvalue weighted by Crippen LogP contribution is -2.66. The van der Waals surface area contributed by atoms with Crippen LogP contribution < -0.4 is 59.7 Å². The Labute approximate surface area is 268 Å². The molecule has 7 unspecified atom stereocenters. The highest BCUT2D eigenvalue weighted by Crippen LogP contribution is 2.11. The number of primary amides is 1. The van der Waals surface area contributed by atoms with Crippen molar-refractivity contribution in [3.8, 4) is 0 Å². The Morgan fingerprint density at radius 1 is 1.00 bits per heavy atom. The molecule has 0 saturated carbocycles. The van der Waals surface area contributed by atoms with E-state index in [1.807, 2.05) is 12.2 Å². The molecule has 8 amide bonds. The molecule has 22 heteroatoms.